The molecule has 0 atom stereocenters. The zero-order valence-electron chi connectivity index (χ0n) is 13.2. The number of alkyl halides is 3. The van der Waals surface area contributed by atoms with Crippen molar-refractivity contribution in [1.82, 2.24) is 4.90 Å². The lowest BCUT2D eigenvalue weighted by Crippen LogP contribution is -2.41. The van der Waals surface area contributed by atoms with E-state index in [2.05, 4.69) is 0 Å². The van der Waals surface area contributed by atoms with Crippen LogP contribution in [0.15, 0.2) is 30.5 Å². The van der Waals surface area contributed by atoms with Gasteiger partial charge in [0.2, 0.25) is 0 Å². The summed E-state index contributed by atoms with van der Waals surface area (Å²) in [5.41, 5.74) is -3.22. The predicted molar refractivity (Wildman–Crippen MR) is 79.8 cm³/mol. The second-order valence-corrected chi connectivity index (χ2v) is 5.67. The van der Waals surface area contributed by atoms with Crippen molar-refractivity contribution in [1.29, 1.82) is 5.26 Å². The van der Waals surface area contributed by atoms with Gasteiger partial charge in [-0.2, -0.15) is 18.4 Å². The summed E-state index contributed by atoms with van der Waals surface area (Å²) in [6.45, 7) is 4.66. The van der Waals surface area contributed by atoms with Crippen LogP contribution in [0.25, 0.3) is 0 Å². The number of nitrogens with zero attached hydrogens (tertiary/aromatic N) is 3. The van der Waals surface area contributed by atoms with Gasteiger partial charge in [-0.05, 0) is 39.0 Å². The highest BCUT2D eigenvalue weighted by molar-refractivity contribution is 6.23. The second kappa shape index (κ2) is 5.67. The van der Waals surface area contributed by atoms with Gasteiger partial charge in [0.25, 0.3) is 5.91 Å². The lowest BCUT2D eigenvalue weighted by Gasteiger charge is -2.23. The Hall–Kier alpha value is -2.82. The lowest BCUT2D eigenvalue weighted by molar-refractivity contribution is -0.137. The minimum Gasteiger partial charge on any atom is -0.286 e. The Labute approximate surface area is 136 Å². The molecular weight excluding hydrogens is 323 g/mol. The summed E-state index contributed by atoms with van der Waals surface area (Å²) in [5, 5.41) is 8.82. The number of halogens is 3. The standard InChI is InChI=1S/C16H14F3N3O2/c1-4-7-21-14(24)22(13(23)15(21,2)3)11-6-5-10(9-20)12(8-11)16(17,18)19/h4-8H,1-3H3/b7-4+. The summed E-state index contributed by atoms with van der Waals surface area (Å²) in [6, 6.07) is 3.45. The van der Waals surface area contributed by atoms with Crippen LogP contribution in [0, 0.1) is 11.3 Å². The van der Waals surface area contributed by atoms with E-state index in [1.165, 1.54) is 26.1 Å². The Morgan fingerprint density at radius 2 is 1.88 bits per heavy atom. The van der Waals surface area contributed by atoms with Gasteiger partial charge in [0, 0.05) is 6.20 Å². The van der Waals surface area contributed by atoms with Gasteiger partial charge < -0.3 is 0 Å². The number of amides is 3. The molecule has 24 heavy (non-hydrogen) atoms. The van der Waals surface area contributed by atoms with E-state index < -0.39 is 34.8 Å². The SMILES string of the molecule is C/C=C/N1C(=O)N(c2ccc(C#N)c(C(F)(F)F)c2)C(=O)C1(C)C. The molecule has 1 fully saturated rings. The van der Waals surface area contributed by atoms with Crippen LogP contribution < -0.4 is 4.90 Å². The first kappa shape index (κ1) is 17.5. The number of nitriles is 1. The fourth-order valence-electron chi connectivity index (χ4n) is 2.44. The van der Waals surface area contributed by atoms with Crippen molar-refractivity contribution in [3.8, 4) is 6.07 Å². The van der Waals surface area contributed by atoms with E-state index in [-0.39, 0.29) is 5.69 Å². The van der Waals surface area contributed by atoms with Gasteiger partial charge in [-0.1, -0.05) is 6.08 Å². The molecule has 2 rings (SSSR count). The number of hydrogen-bond donors (Lipinski definition) is 0. The maximum absolute atomic E-state index is 13.1. The van der Waals surface area contributed by atoms with Gasteiger partial charge >= 0.3 is 12.2 Å². The fraction of sp³-hybridized carbons (Fsp3) is 0.312. The van der Waals surface area contributed by atoms with Gasteiger partial charge in [0.05, 0.1) is 22.9 Å². The maximum atomic E-state index is 13.1. The molecule has 8 heteroatoms. The molecule has 1 heterocycles. The van der Waals surface area contributed by atoms with Crippen LogP contribution in [0.3, 0.4) is 0 Å². The molecule has 1 aliphatic heterocycles. The van der Waals surface area contributed by atoms with Crippen molar-refractivity contribution < 1.29 is 22.8 Å². The largest absolute Gasteiger partial charge is 0.417 e. The highest BCUT2D eigenvalue weighted by atomic mass is 19.4. The number of hydrogen-bond acceptors (Lipinski definition) is 3. The molecule has 0 spiro atoms. The topological polar surface area (TPSA) is 64.4 Å². The summed E-state index contributed by atoms with van der Waals surface area (Å²) in [7, 11) is 0. The van der Waals surface area contributed by atoms with E-state index in [1.807, 2.05) is 0 Å². The molecule has 3 amide bonds. The summed E-state index contributed by atoms with van der Waals surface area (Å²) >= 11 is 0. The summed E-state index contributed by atoms with van der Waals surface area (Å²) in [4.78, 5) is 26.8. The number of rotatable bonds is 2. The van der Waals surface area contributed by atoms with Crippen molar-refractivity contribution in [3.63, 3.8) is 0 Å². The third-order valence-corrected chi connectivity index (χ3v) is 3.71. The molecule has 0 unspecified atom stereocenters. The second-order valence-electron chi connectivity index (χ2n) is 5.67. The first-order valence-corrected chi connectivity index (χ1v) is 6.97. The normalized spacial score (nSPS) is 17.7. The number of imide groups is 1. The Morgan fingerprint density at radius 3 is 2.38 bits per heavy atom. The van der Waals surface area contributed by atoms with Crippen LogP contribution in [0.2, 0.25) is 0 Å². The Bertz CT molecular complexity index is 776. The van der Waals surface area contributed by atoms with Crippen LogP contribution in [-0.2, 0) is 11.0 Å². The molecule has 0 bridgehead atoms. The lowest BCUT2D eigenvalue weighted by atomic mass is 10.0. The van der Waals surface area contributed by atoms with Gasteiger partial charge in [-0.25, -0.2) is 9.69 Å². The molecule has 0 aliphatic carbocycles. The summed E-state index contributed by atoms with van der Waals surface area (Å²) in [6.07, 6.45) is -1.82. The number of urea groups is 1. The number of anilines is 1. The summed E-state index contributed by atoms with van der Waals surface area (Å²) < 4.78 is 39.3. The molecule has 1 aliphatic rings. The van der Waals surface area contributed by atoms with Crippen LogP contribution in [-0.4, -0.2) is 22.4 Å². The highest BCUT2D eigenvalue weighted by Crippen LogP contribution is 2.37. The minimum atomic E-state index is -4.77. The molecule has 1 saturated heterocycles. The monoisotopic (exact) mass is 337 g/mol. The summed E-state index contributed by atoms with van der Waals surface area (Å²) in [5.74, 6) is -0.650. The van der Waals surface area contributed by atoms with E-state index in [0.717, 1.165) is 17.0 Å². The highest BCUT2D eigenvalue weighted by Gasteiger charge is 2.51. The predicted octanol–water partition coefficient (Wildman–Crippen LogP) is 3.66. The number of benzene rings is 1. The fourth-order valence-corrected chi connectivity index (χ4v) is 2.44. The average molecular weight is 337 g/mol. The van der Waals surface area contributed by atoms with E-state index >= 15 is 0 Å². The molecule has 0 N–H and O–H groups in total. The first-order valence-electron chi connectivity index (χ1n) is 6.97. The first-order chi connectivity index (χ1) is 11.1. The van der Waals surface area contributed by atoms with Crippen LogP contribution in [0.5, 0.6) is 0 Å². The third kappa shape index (κ3) is 2.62. The van der Waals surface area contributed by atoms with Gasteiger partial charge in [-0.15, -0.1) is 0 Å². The zero-order valence-corrected chi connectivity index (χ0v) is 13.2. The van der Waals surface area contributed by atoms with Gasteiger partial charge in [0.15, 0.2) is 0 Å². The van der Waals surface area contributed by atoms with Crippen LogP contribution in [0.1, 0.15) is 31.9 Å². The molecule has 0 aromatic heterocycles. The zero-order chi connectivity index (χ0) is 18.3. The van der Waals surface area contributed by atoms with Gasteiger partial charge in [0.1, 0.15) is 5.54 Å². The van der Waals surface area contributed by atoms with E-state index in [9.17, 15) is 22.8 Å². The number of carbonyl (C=O) groups is 2. The molecule has 126 valence electrons. The number of allylic oxidation sites excluding steroid dienone is 1. The van der Waals surface area contributed by atoms with Crippen LogP contribution in [0.4, 0.5) is 23.7 Å². The molecule has 1 aromatic carbocycles. The quantitative estimate of drug-likeness (QED) is 0.774. The molecule has 1 aromatic rings. The molecule has 0 radical (unpaired) electrons. The van der Waals surface area contributed by atoms with Crippen molar-refractivity contribution >= 4 is 17.6 Å². The smallest absolute Gasteiger partial charge is 0.286 e. The molecule has 0 saturated carbocycles. The molecular formula is C16H14F3N3O2. The maximum Gasteiger partial charge on any atom is 0.417 e. The van der Waals surface area contributed by atoms with Crippen molar-refractivity contribution in [2.24, 2.45) is 0 Å². The van der Waals surface area contributed by atoms with Crippen LogP contribution >= 0.6 is 0 Å². The Kier molecular flexibility index (Phi) is 4.14. The van der Waals surface area contributed by atoms with E-state index in [4.69, 9.17) is 5.26 Å². The average Bonchev–Trinajstić information content (AvgIpc) is 2.66. The Balaban J connectivity index is 2.59. The molecule has 5 nitrogen and oxygen atoms in total. The van der Waals surface area contributed by atoms with Crippen molar-refractivity contribution in [3.05, 3.63) is 41.6 Å². The minimum absolute atomic E-state index is 0.226. The van der Waals surface area contributed by atoms with Crippen molar-refractivity contribution in [2.45, 2.75) is 32.5 Å². The van der Waals surface area contributed by atoms with E-state index in [0.29, 0.717) is 11.0 Å². The van der Waals surface area contributed by atoms with E-state index in [1.54, 1.807) is 13.0 Å². The van der Waals surface area contributed by atoms with Gasteiger partial charge in [-0.3, -0.25) is 9.69 Å². The van der Waals surface area contributed by atoms with Crippen molar-refractivity contribution in [2.75, 3.05) is 4.90 Å². The Morgan fingerprint density at radius 1 is 1.25 bits per heavy atom. The number of carbonyl (C=O) groups excluding carboxylic acids is 2. The third-order valence-electron chi connectivity index (χ3n) is 3.71.